The first-order valence-electron chi connectivity index (χ1n) is 6.74. The highest BCUT2D eigenvalue weighted by Crippen LogP contribution is 2.14. The van der Waals surface area contributed by atoms with Crippen LogP contribution in [0.2, 0.25) is 0 Å². The Kier molecular flexibility index (Phi) is 6.53. The quantitative estimate of drug-likeness (QED) is 0.781. The fourth-order valence-electron chi connectivity index (χ4n) is 1.98. The van der Waals surface area contributed by atoms with Crippen molar-refractivity contribution in [3.63, 3.8) is 0 Å². The molecule has 19 heavy (non-hydrogen) atoms. The van der Waals surface area contributed by atoms with Crippen LogP contribution >= 0.6 is 0 Å². The molecular weight excluding hydrogens is 238 g/mol. The summed E-state index contributed by atoms with van der Waals surface area (Å²) in [5, 5.41) is 3.11. The van der Waals surface area contributed by atoms with Crippen molar-refractivity contribution in [3.8, 4) is 0 Å². The number of benzene rings is 1. The van der Waals surface area contributed by atoms with Crippen LogP contribution in [-0.2, 0) is 4.79 Å². The maximum atomic E-state index is 12.1. The summed E-state index contributed by atoms with van der Waals surface area (Å²) in [5.41, 5.74) is 6.63. The Morgan fingerprint density at radius 3 is 2.47 bits per heavy atom. The Bertz CT molecular complexity index is 378. The summed E-state index contributed by atoms with van der Waals surface area (Å²) in [6.45, 7) is 3.24. The maximum Gasteiger partial charge on any atom is 0.223 e. The van der Waals surface area contributed by atoms with Gasteiger partial charge < -0.3 is 16.0 Å². The molecule has 1 aromatic rings. The molecule has 4 heteroatoms. The van der Waals surface area contributed by atoms with E-state index in [9.17, 15) is 4.79 Å². The molecule has 106 valence electrons. The van der Waals surface area contributed by atoms with Crippen molar-refractivity contribution < 1.29 is 4.79 Å². The van der Waals surface area contributed by atoms with E-state index in [-0.39, 0.29) is 17.9 Å². The number of carbonyl (C=O) groups is 1. The number of nitrogens with one attached hydrogen (secondary N) is 1. The highest BCUT2D eigenvalue weighted by Gasteiger charge is 2.18. The summed E-state index contributed by atoms with van der Waals surface area (Å²) in [7, 11) is 4.01. The third-order valence-corrected chi connectivity index (χ3v) is 3.11. The smallest absolute Gasteiger partial charge is 0.223 e. The topological polar surface area (TPSA) is 58.4 Å². The second-order valence-corrected chi connectivity index (χ2v) is 5.21. The van der Waals surface area contributed by atoms with Gasteiger partial charge in [0.25, 0.3) is 0 Å². The molecule has 2 unspecified atom stereocenters. The molecule has 0 radical (unpaired) electrons. The third-order valence-electron chi connectivity index (χ3n) is 3.11. The zero-order chi connectivity index (χ0) is 14.3. The van der Waals surface area contributed by atoms with Crippen LogP contribution in [0, 0.1) is 5.92 Å². The zero-order valence-electron chi connectivity index (χ0n) is 12.1. The lowest BCUT2D eigenvalue weighted by atomic mass is 10.0. The number of nitrogens with two attached hydrogens (primary N) is 1. The molecule has 3 N–H and O–H groups in total. The first-order valence-corrected chi connectivity index (χ1v) is 6.74. The monoisotopic (exact) mass is 263 g/mol. The Labute approximate surface area is 116 Å². The average Bonchev–Trinajstić information content (AvgIpc) is 2.38. The fourth-order valence-corrected chi connectivity index (χ4v) is 1.98. The number of carbonyl (C=O) groups excluding carboxylic acids is 1. The molecule has 1 aromatic carbocycles. The molecule has 0 aliphatic carbocycles. The molecule has 0 spiro atoms. The zero-order valence-corrected chi connectivity index (χ0v) is 12.1. The number of likely N-dealkylation sites (N-methyl/N-ethyl adjacent to an activating group) is 1. The fraction of sp³-hybridized carbons (Fsp3) is 0.533. The summed E-state index contributed by atoms with van der Waals surface area (Å²) < 4.78 is 0. The van der Waals surface area contributed by atoms with Crippen molar-refractivity contribution in [1.29, 1.82) is 0 Å². The van der Waals surface area contributed by atoms with E-state index in [2.05, 4.69) is 10.2 Å². The van der Waals surface area contributed by atoms with E-state index in [4.69, 9.17) is 5.73 Å². The molecule has 1 rings (SSSR count). The molecule has 0 aliphatic heterocycles. The Hall–Kier alpha value is -1.39. The minimum absolute atomic E-state index is 0.0175. The van der Waals surface area contributed by atoms with Gasteiger partial charge in [0.05, 0.1) is 6.04 Å². The standard InChI is InChI=1S/C15H25N3O/c1-12(9-10-16)15(19)17-14(11-18(2)3)13-7-5-4-6-8-13/h4-8,12,14H,9-11,16H2,1-3H3,(H,17,19). The van der Waals surface area contributed by atoms with Gasteiger partial charge in [-0.2, -0.15) is 0 Å². The molecule has 0 heterocycles. The number of nitrogens with zero attached hydrogens (tertiary/aromatic N) is 1. The van der Waals surface area contributed by atoms with Gasteiger partial charge in [-0.1, -0.05) is 37.3 Å². The lowest BCUT2D eigenvalue weighted by molar-refractivity contribution is -0.125. The predicted molar refractivity (Wildman–Crippen MR) is 78.7 cm³/mol. The molecule has 0 saturated carbocycles. The Morgan fingerprint density at radius 2 is 1.95 bits per heavy atom. The predicted octanol–water partition coefficient (Wildman–Crippen LogP) is 1.39. The molecular formula is C15H25N3O. The molecule has 0 aromatic heterocycles. The lowest BCUT2D eigenvalue weighted by Crippen LogP contribution is -2.38. The number of hydrogen-bond donors (Lipinski definition) is 2. The van der Waals surface area contributed by atoms with E-state index < -0.39 is 0 Å². The van der Waals surface area contributed by atoms with Gasteiger partial charge in [-0.05, 0) is 32.6 Å². The van der Waals surface area contributed by atoms with Crippen LogP contribution in [-0.4, -0.2) is 38.0 Å². The summed E-state index contributed by atoms with van der Waals surface area (Å²) in [6.07, 6.45) is 0.718. The molecule has 0 aliphatic rings. The summed E-state index contributed by atoms with van der Waals surface area (Å²) in [6, 6.07) is 10.1. The van der Waals surface area contributed by atoms with E-state index in [0.29, 0.717) is 6.54 Å². The molecule has 0 fully saturated rings. The van der Waals surface area contributed by atoms with Gasteiger partial charge in [-0.3, -0.25) is 4.79 Å². The average molecular weight is 263 g/mol. The molecule has 2 atom stereocenters. The second kappa shape index (κ2) is 7.92. The van der Waals surface area contributed by atoms with E-state index in [1.807, 2.05) is 51.4 Å². The van der Waals surface area contributed by atoms with Gasteiger partial charge >= 0.3 is 0 Å². The van der Waals surface area contributed by atoms with Crippen LogP contribution in [0.5, 0.6) is 0 Å². The summed E-state index contributed by atoms with van der Waals surface area (Å²) >= 11 is 0. The normalized spacial score (nSPS) is 14.2. The number of rotatable bonds is 7. The maximum absolute atomic E-state index is 12.1. The van der Waals surface area contributed by atoms with Crippen molar-refractivity contribution in [2.45, 2.75) is 19.4 Å². The minimum atomic E-state index is -0.0432. The van der Waals surface area contributed by atoms with E-state index >= 15 is 0 Å². The number of hydrogen-bond acceptors (Lipinski definition) is 3. The SMILES string of the molecule is CC(CCN)C(=O)NC(CN(C)C)c1ccccc1. The molecule has 0 saturated heterocycles. The van der Waals surface area contributed by atoms with Crippen molar-refractivity contribution in [3.05, 3.63) is 35.9 Å². The largest absolute Gasteiger partial charge is 0.348 e. The molecule has 0 bridgehead atoms. The van der Waals surface area contributed by atoms with Gasteiger partial charge in [0, 0.05) is 12.5 Å². The second-order valence-electron chi connectivity index (χ2n) is 5.21. The van der Waals surface area contributed by atoms with Crippen LogP contribution in [0.15, 0.2) is 30.3 Å². The highest BCUT2D eigenvalue weighted by atomic mass is 16.1. The first kappa shape index (κ1) is 15.7. The lowest BCUT2D eigenvalue weighted by Gasteiger charge is -2.24. The van der Waals surface area contributed by atoms with Gasteiger partial charge in [0.15, 0.2) is 0 Å². The Balaban J connectivity index is 2.73. The summed E-state index contributed by atoms with van der Waals surface area (Å²) in [5.74, 6) is 0.0273. The van der Waals surface area contributed by atoms with Gasteiger partial charge in [0.2, 0.25) is 5.91 Å². The van der Waals surface area contributed by atoms with Gasteiger partial charge in [0.1, 0.15) is 0 Å². The number of amides is 1. The van der Waals surface area contributed by atoms with Gasteiger partial charge in [-0.15, -0.1) is 0 Å². The van der Waals surface area contributed by atoms with Gasteiger partial charge in [-0.25, -0.2) is 0 Å². The minimum Gasteiger partial charge on any atom is -0.348 e. The van der Waals surface area contributed by atoms with Crippen molar-refractivity contribution >= 4 is 5.91 Å². The third kappa shape index (κ3) is 5.41. The van der Waals surface area contributed by atoms with Crippen molar-refractivity contribution in [2.75, 3.05) is 27.2 Å². The van der Waals surface area contributed by atoms with Crippen LogP contribution in [0.4, 0.5) is 0 Å². The summed E-state index contributed by atoms with van der Waals surface area (Å²) in [4.78, 5) is 14.2. The van der Waals surface area contributed by atoms with Crippen LogP contribution < -0.4 is 11.1 Å². The van der Waals surface area contributed by atoms with Crippen molar-refractivity contribution in [2.24, 2.45) is 11.7 Å². The highest BCUT2D eigenvalue weighted by molar-refractivity contribution is 5.78. The van der Waals surface area contributed by atoms with Crippen LogP contribution in [0.3, 0.4) is 0 Å². The molecule has 1 amide bonds. The van der Waals surface area contributed by atoms with Crippen LogP contribution in [0.25, 0.3) is 0 Å². The van der Waals surface area contributed by atoms with E-state index in [1.165, 1.54) is 0 Å². The first-order chi connectivity index (χ1) is 9.04. The van der Waals surface area contributed by atoms with E-state index in [1.54, 1.807) is 0 Å². The van der Waals surface area contributed by atoms with Crippen molar-refractivity contribution in [1.82, 2.24) is 10.2 Å². The molecule has 4 nitrogen and oxygen atoms in total. The van der Waals surface area contributed by atoms with E-state index in [0.717, 1.165) is 18.5 Å². The Morgan fingerprint density at radius 1 is 1.32 bits per heavy atom. The van der Waals surface area contributed by atoms with Crippen LogP contribution in [0.1, 0.15) is 24.9 Å².